The van der Waals surface area contributed by atoms with Crippen LogP contribution in [0.15, 0.2) is 11.1 Å². The molecule has 2 aliphatic heterocycles. The van der Waals surface area contributed by atoms with E-state index in [4.69, 9.17) is 9.47 Å². The maximum atomic E-state index is 11.7. The third kappa shape index (κ3) is 1.36. The van der Waals surface area contributed by atoms with Gasteiger partial charge in [-0.3, -0.25) is 4.79 Å². The van der Waals surface area contributed by atoms with Crippen LogP contribution in [0.5, 0.6) is 0 Å². The lowest BCUT2D eigenvalue weighted by Crippen LogP contribution is -2.46. The predicted molar refractivity (Wildman–Crippen MR) is 51.1 cm³/mol. The van der Waals surface area contributed by atoms with E-state index >= 15 is 0 Å². The average Bonchev–Trinajstić information content (AvgIpc) is 2.61. The molecule has 0 aromatic heterocycles. The summed E-state index contributed by atoms with van der Waals surface area (Å²) in [5, 5.41) is 9.92. The highest BCUT2D eigenvalue weighted by Crippen LogP contribution is 2.40. The SMILES string of the molecule is O=C1CCC2=C1[C@@H]1[C@@H](OCC[C@H]1O)OC2. The number of ketones is 1. The molecule has 4 nitrogen and oxygen atoms in total. The van der Waals surface area contributed by atoms with Gasteiger partial charge in [-0.05, 0) is 18.4 Å². The summed E-state index contributed by atoms with van der Waals surface area (Å²) in [4.78, 5) is 11.7. The second kappa shape index (κ2) is 3.40. The summed E-state index contributed by atoms with van der Waals surface area (Å²) in [6.45, 7) is 1.01. The first-order chi connectivity index (χ1) is 7.27. The minimum Gasteiger partial charge on any atom is -0.392 e. The number of Topliss-reactive ketones (excluding diaryl/α,β-unsaturated/α-hetero) is 1. The Bertz CT molecular complexity index is 333. The van der Waals surface area contributed by atoms with Gasteiger partial charge in [0, 0.05) is 12.0 Å². The van der Waals surface area contributed by atoms with Crippen molar-refractivity contribution in [3.05, 3.63) is 11.1 Å². The van der Waals surface area contributed by atoms with Crippen LogP contribution < -0.4 is 0 Å². The molecule has 1 saturated heterocycles. The van der Waals surface area contributed by atoms with Gasteiger partial charge in [0.15, 0.2) is 12.1 Å². The third-order valence-electron chi connectivity index (χ3n) is 3.49. The van der Waals surface area contributed by atoms with Crippen molar-refractivity contribution in [2.45, 2.75) is 31.7 Å². The van der Waals surface area contributed by atoms with Crippen LogP contribution in [0.1, 0.15) is 19.3 Å². The summed E-state index contributed by atoms with van der Waals surface area (Å²) in [6.07, 6.45) is 1.06. The van der Waals surface area contributed by atoms with Gasteiger partial charge in [-0.2, -0.15) is 0 Å². The van der Waals surface area contributed by atoms with Gasteiger partial charge >= 0.3 is 0 Å². The normalized spacial score (nSPS) is 40.3. The van der Waals surface area contributed by atoms with Crippen LogP contribution in [-0.2, 0) is 14.3 Å². The second-order valence-corrected chi connectivity index (χ2v) is 4.37. The van der Waals surface area contributed by atoms with E-state index < -0.39 is 12.4 Å². The zero-order valence-corrected chi connectivity index (χ0v) is 8.44. The van der Waals surface area contributed by atoms with E-state index in [0.29, 0.717) is 26.1 Å². The van der Waals surface area contributed by atoms with Crippen molar-refractivity contribution in [1.82, 2.24) is 0 Å². The van der Waals surface area contributed by atoms with Crippen molar-refractivity contribution in [3.63, 3.8) is 0 Å². The summed E-state index contributed by atoms with van der Waals surface area (Å²) < 4.78 is 11.0. The molecule has 0 bridgehead atoms. The number of carbonyl (C=O) groups excluding carboxylic acids is 1. The topological polar surface area (TPSA) is 55.8 Å². The molecule has 0 spiro atoms. The maximum absolute atomic E-state index is 11.7. The number of hydrogen-bond donors (Lipinski definition) is 1. The molecule has 15 heavy (non-hydrogen) atoms. The zero-order valence-electron chi connectivity index (χ0n) is 8.44. The highest BCUT2D eigenvalue weighted by Gasteiger charge is 2.44. The van der Waals surface area contributed by atoms with E-state index in [1.54, 1.807) is 0 Å². The van der Waals surface area contributed by atoms with E-state index in [1.165, 1.54) is 0 Å². The summed E-state index contributed by atoms with van der Waals surface area (Å²) in [7, 11) is 0. The van der Waals surface area contributed by atoms with Gasteiger partial charge in [0.05, 0.1) is 25.2 Å². The van der Waals surface area contributed by atoms with Crippen LogP contribution >= 0.6 is 0 Å². The highest BCUT2D eigenvalue weighted by molar-refractivity contribution is 5.99. The molecule has 3 aliphatic rings. The van der Waals surface area contributed by atoms with E-state index in [0.717, 1.165) is 17.6 Å². The van der Waals surface area contributed by atoms with Gasteiger partial charge in [-0.15, -0.1) is 0 Å². The van der Waals surface area contributed by atoms with Crippen LogP contribution in [-0.4, -0.2) is 36.5 Å². The molecule has 0 aromatic carbocycles. The highest BCUT2D eigenvalue weighted by atomic mass is 16.7. The lowest BCUT2D eigenvalue weighted by Gasteiger charge is -2.39. The lowest BCUT2D eigenvalue weighted by molar-refractivity contribution is -0.213. The molecule has 0 unspecified atom stereocenters. The van der Waals surface area contributed by atoms with E-state index in [-0.39, 0.29) is 11.7 Å². The Hall–Kier alpha value is -0.710. The molecule has 3 rings (SSSR count). The van der Waals surface area contributed by atoms with Crippen LogP contribution in [0.25, 0.3) is 0 Å². The number of aliphatic hydroxyl groups excluding tert-OH is 1. The molecule has 1 N–H and O–H groups in total. The fraction of sp³-hybridized carbons (Fsp3) is 0.727. The fourth-order valence-corrected chi connectivity index (χ4v) is 2.73. The van der Waals surface area contributed by atoms with Crippen molar-refractivity contribution in [3.8, 4) is 0 Å². The average molecular weight is 210 g/mol. The predicted octanol–water partition coefficient (Wildman–Crippen LogP) is 0.400. The molecule has 82 valence electrons. The van der Waals surface area contributed by atoms with E-state index in [1.807, 2.05) is 0 Å². The van der Waals surface area contributed by atoms with E-state index in [9.17, 15) is 9.90 Å². The Kier molecular flexibility index (Phi) is 2.16. The molecule has 4 heteroatoms. The van der Waals surface area contributed by atoms with Crippen molar-refractivity contribution in [2.75, 3.05) is 13.2 Å². The quantitative estimate of drug-likeness (QED) is 0.628. The minimum absolute atomic E-state index is 0.174. The Morgan fingerprint density at radius 2 is 2.13 bits per heavy atom. The molecule has 3 atom stereocenters. The summed E-state index contributed by atoms with van der Waals surface area (Å²) in [5.74, 6) is -0.0645. The Labute approximate surface area is 87.9 Å². The molecular formula is C11H14O4. The lowest BCUT2D eigenvalue weighted by atomic mass is 9.85. The number of aliphatic hydroxyl groups is 1. The zero-order chi connectivity index (χ0) is 10.4. The van der Waals surface area contributed by atoms with Crippen LogP contribution in [0.4, 0.5) is 0 Å². The molecule has 0 radical (unpaired) electrons. The van der Waals surface area contributed by atoms with Gasteiger partial charge in [-0.1, -0.05) is 0 Å². The monoisotopic (exact) mass is 210 g/mol. The molecule has 2 heterocycles. The number of hydrogen-bond acceptors (Lipinski definition) is 4. The second-order valence-electron chi connectivity index (χ2n) is 4.37. The largest absolute Gasteiger partial charge is 0.392 e. The molecule has 1 fully saturated rings. The summed E-state index contributed by atoms with van der Waals surface area (Å²) in [5.41, 5.74) is 1.88. The smallest absolute Gasteiger partial charge is 0.167 e. The number of fused-ring (bicyclic) bond motifs is 2. The Balaban J connectivity index is 1.98. The molecule has 0 saturated carbocycles. The van der Waals surface area contributed by atoms with Gasteiger partial charge in [0.1, 0.15) is 0 Å². The van der Waals surface area contributed by atoms with Gasteiger partial charge in [-0.25, -0.2) is 0 Å². The first kappa shape index (κ1) is 9.51. The first-order valence-corrected chi connectivity index (χ1v) is 5.44. The molecular weight excluding hydrogens is 196 g/mol. The summed E-state index contributed by atoms with van der Waals surface area (Å²) in [6, 6.07) is 0. The van der Waals surface area contributed by atoms with Crippen LogP contribution in [0.3, 0.4) is 0 Å². The van der Waals surface area contributed by atoms with E-state index in [2.05, 4.69) is 0 Å². The molecule has 0 amide bonds. The van der Waals surface area contributed by atoms with Crippen molar-refractivity contribution in [2.24, 2.45) is 5.92 Å². The minimum atomic E-state index is -0.490. The number of rotatable bonds is 0. The third-order valence-corrected chi connectivity index (χ3v) is 3.49. The molecule has 1 aliphatic carbocycles. The summed E-state index contributed by atoms with van der Waals surface area (Å²) >= 11 is 0. The van der Waals surface area contributed by atoms with Gasteiger partial charge in [0.2, 0.25) is 0 Å². The van der Waals surface area contributed by atoms with Crippen LogP contribution in [0, 0.1) is 5.92 Å². The first-order valence-electron chi connectivity index (χ1n) is 5.44. The number of carbonyl (C=O) groups is 1. The maximum Gasteiger partial charge on any atom is 0.167 e. The van der Waals surface area contributed by atoms with Crippen molar-refractivity contribution < 1.29 is 19.4 Å². The van der Waals surface area contributed by atoms with Crippen molar-refractivity contribution in [1.29, 1.82) is 0 Å². The Morgan fingerprint density at radius 3 is 3.00 bits per heavy atom. The molecule has 0 aromatic rings. The standard InChI is InChI=1S/C11H14O4/c12-7-2-1-6-5-15-11-10(9(6)7)8(13)3-4-14-11/h8,10-11,13H,1-5H2/t8-,10-,11+/m1/s1. The fourth-order valence-electron chi connectivity index (χ4n) is 2.73. The van der Waals surface area contributed by atoms with Crippen molar-refractivity contribution >= 4 is 5.78 Å². The Morgan fingerprint density at radius 1 is 1.27 bits per heavy atom. The van der Waals surface area contributed by atoms with Gasteiger partial charge in [0.25, 0.3) is 0 Å². The number of ether oxygens (including phenoxy) is 2. The van der Waals surface area contributed by atoms with Gasteiger partial charge < -0.3 is 14.6 Å². The van der Waals surface area contributed by atoms with Crippen LogP contribution in [0.2, 0.25) is 0 Å².